The SMILES string of the molecule is CCOC(=O)c1oc(N2CCCC2c2cc(F)ccc2F)nc1C. The van der Waals surface area contributed by atoms with Gasteiger partial charge in [-0.15, -0.1) is 0 Å². The lowest BCUT2D eigenvalue weighted by Crippen LogP contribution is -2.23. The van der Waals surface area contributed by atoms with Crippen LogP contribution in [0.2, 0.25) is 0 Å². The first-order valence-corrected chi connectivity index (χ1v) is 7.87. The van der Waals surface area contributed by atoms with E-state index in [1.165, 1.54) is 6.07 Å². The van der Waals surface area contributed by atoms with Crippen LogP contribution in [0.3, 0.4) is 0 Å². The summed E-state index contributed by atoms with van der Waals surface area (Å²) in [6, 6.07) is 3.24. The molecule has 1 aromatic carbocycles. The molecule has 2 aromatic rings. The lowest BCUT2D eigenvalue weighted by Gasteiger charge is -2.23. The molecule has 3 rings (SSSR count). The van der Waals surface area contributed by atoms with Crippen molar-refractivity contribution in [3.8, 4) is 0 Å². The Hall–Kier alpha value is -2.44. The summed E-state index contributed by atoms with van der Waals surface area (Å²) in [5, 5.41) is 0. The Morgan fingerprint density at radius 1 is 1.46 bits per heavy atom. The van der Waals surface area contributed by atoms with E-state index in [1.54, 1.807) is 18.7 Å². The molecule has 1 saturated heterocycles. The number of esters is 1. The molecular formula is C17H18F2N2O3. The predicted molar refractivity (Wildman–Crippen MR) is 82.9 cm³/mol. The zero-order valence-electron chi connectivity index (χ0n) is 13.5. The number of carbonyl (C=O) groups is 1. The van der Waals surface area contributed by atoms with Crippen molar-refractivity contribution in [2.75, 3.05) is 18.1 Å². The van der Waals surface area contributed by atoms with E-state index in [4.69, 9.17) is 9.15 Å². The van der Waals surface area contributed by atoms with Crippen molar-refractivity contribution in [2.24, 2.45) is 0 Å². The highest BCUT2D eigenvalue weighted by Gasteiger charge is 2.33. The molecule has 0 spiro atoms. The van der Waals surface area contributed by atoms with Crippen LogP contribution in [-0.2, 0) is 4.74 Å². The number of hydrogen-bond donors (Lipinski definition) is 0. The number of oxazole rings is 1. The van der Waals surface area contributed by atoms with Crippen LogP contribution in [0.4, 0.5) is 14.8 Å². The normalized spacial score (nSPS) is 17.3. The molecule has 0 N–H and O–H groups in total. The van der Waals surface area contributed by atoms with Gasteiger partial charge >= 0.3 is 5.97 Å². The fourth-order valence-electron chi connectivity index (χ4n) is 2.98. The smallest absolute Gasteiger partial charge is 0.376 e. The molecule has 1 aliphatic rings. The summed E-state index contributed by atoms with van der Waals surface area (Å²) < 4.78 is 38.1. The van der Waals surface area contributed by atoms with Gasteiger partial charge in [-0.05, 0) is 44.9 Å². The summed E-state index contributed by atoms with van der Waals surface area (Å²) in [5.41, 5.74) is 0.676. The second-order valence-electron chi connectivity index (χ2n) is 5.65. The van der Waals surface area contributed by atoms with Gasteiger partial charge in [0.15, 0.2) is 0 Å². The van der Waals surface area contributed by atoms with E-state index in [0.717, 1.165) is 18.6 Å². The van der Waals surface area contributed by atoms with Gasteiger partial charge in [0.25, 0.3) is 6.01 Å². The highest BCUT2D eigenvalue weighted by atomic mass is 19.1. The molecule has 0 bridgehead atoms. The third kappa shape index (κ3) is 2.98. The van der Waals surface area contributed by atoms with Gasteiger partial charge in [0.05, 0.1) is 18.3 Å². The standard InChI is InChI=1S/C17H18F2N2O3/c1-3-23-16(22)15-10(2)20-17(24-15)21-8-4-5-14(21)12-9-11(18)6-7-13(12)19/h6-7,9,14H,3-5,8H2,1-2H3. The third-order valence-electron chi connectivity index (χ3n) is 4.06. The van der Waals surface area contributed by atoms with Crippen LogP contribution in [-0.4, -0.2) is 24.1 Å². The second-order valence-corrected chi connectivity index (χ2v) is 5.65. The van der Waals surface area contributed by atoms with Crippen LogP contribution in [0.25, 0.3) is 0 Å². The van der Waals surface area contributed by atoms with Gasteiger partial charge in [-0.3, -0.25) is 0 Å². The molecule has 1 fully saturated rings. The Kier molecular flexibility index (Phi) is 4.51. The minimum Gasteiger partial charge on any atom is -0.460 e. The molecule has 0 amide bonds. The van der Waals surface area contributed by atoms with Gasteiger partial charge in [0.2, 0.25) is 5.76 Å². The first kappa shape index (κ1) is 16.4. The molecule has 0 radical (unpaired) electrons. The minimum atomic E-state index is -0.582. The molecule has 5 nitrogen and oxygen atoms in total. The molecule has 1 aliphatic heterocycles. The van der Waals surface area contributed by atoms with Crippen molar-refractivity contribution in [3.63, 3.8) is 0 Å². The number of nitrogens with zero attached hydrogens (tertiary/aromatic N) is 2. The maximum Gasteiger partial charge on any atom is 0.376 e. The number of benzene rings is 1. The van der Waals surface area contributed by atoms with Crippen molar-refractivity contribution in [1.82, 2.24) is 4.98 Å². The molecule has 1 atom stereocenters. The highest BCUT2D eigenvalue weighted by molar-refractivity contribution is 5.87. The summed E-state index contributed by atoms with van der Waals surface area (Å²) >= 11 is 0. The molecule has 128 valence electrons. The van der Waals surface area contributed by atoms with E-state index >= 15 is 0 Å². The molecule has 7 heteroatoms. The zero-order chi connectivity index (χ0) is 17.3. The van der Waals surface area contributed by atoms with Crippen molar-refractivity contribution >= 4 is 12.0 Å². The quantitative estimate of drug-likeness (QED) is 0.795. The zero-order valence-corrected chi connectivity index (χ0v) is 13.5. The van der Waals surface area contributed by atoms with Crippen molar-refractivity contribution in [1.29, 1.82) is 0 Å². The van der Waals surface area contributed by atoms with Crippen LogP contribution >= 0.6 is 0 Å². The average Bonchev–Trinajstić information content (AvgIpc) is 3.16. The highest BCUT2D eigenvalue weighted by Crippen LogP contribution is 2.37. The van der Waals surface area contributed by atoms with Crippen molar-refractivity contribution in [3.05, 3.63) is 46.9 Å². The van der Waals surface area contributed by atoms with Crippen molar-refractivity contribution < 1.29 is 22.7 Å². The molecular weight excluding hydrogens is 318 g/mol. The molecule has 24 heavy (non-hydrogen) atoms. The number of hydrogen-bond acceptors (Lipinski definition) is 5. The van der Waals surface area contributed by atoms with Gasteiger partial charge in [0, 0.05) is 12.1 Å². The van der Waals surface area contributed by atoms with E-state index in [2.05, 4.69) is 4.98 Å². The second kappa shape index (κ2) is 6.59. The van der Waals surface area contributed by atoms with Gasteiger partial charge in [-0.2, -0.15) is 4.98 Å². The number of aryl methyl sites for hydroxylation is 1. The first-order chi connectivity index (χ1) is 11.5. The Bertz CT molecular complexity index is 760. The summed E-state index contributed by atoms with van der Waals surface area (Å²) in [6.07, 6.45) is 1.44. The maximum atomic E-state index is 14.1. The number of anilines is 1. The van der Waals surface area contributed by atoms with E-state index in [-0.39, 0.29) is 30.0 Å². The van der Waals surface area contributed by atoms with E-state index < -0.39 is 17.6 Å². The predicted octanol–water partition coefficient (Wildman–Crippen LogP) is 3.78. The Balaban J connectivity index is 1.92. The van der Waals surface area contributed by atoms with Gasteiger partial charge in [0.1, 0.15) is 11.6 Å². The van der Waals surface area contributed by atoms with E-state index in [9.17, 15) is 13.6 Å². The largest absolute Gasteiger partial charge is 0.460 e. The van der Waals surface area contributed by atoms with Crippen LogP contribution in [0.1, 0.15) is 47.6 Å². The van der Waals surface area contributed by atoms with Gasteiger partial charge in [-0.25, -0.2) is 13.6 Å². The summed E-state index contributed by atoms with van der Waals surface area (Å²) in [7, 11) is 0. The number of rotatable bonds is 4. The van der Waals surface area contributed by atoms with Crippen molar-refractivity contribution in [2.45, 2.75) is 32.7 Å². The van der Waals surface area contributed by atoms with Gasteiger partial charge in [-0.1, -0.05) is 0 Å². The summed E-state index contributed by atoms with van der Waals surface area (Å²) in [4.78, 5) is 17.9. The Morgan fingerprint density at radius 2 is 2.25 bits per heavy atom. The lowest BCUT2D eigenvalue weighted by molar-refractivity contribution is 0.0489. The van der Waals surface area contributed by atoms with Crippen LogP contribution in [0.5, 0.6) is 0 Å². The first-order valence-electron chi connectivity index (χ1n) is 7.87. The molecule has 0 aliphatic carbocycles. The fraction of sp³-hybridized carbons (Fsp3) is 0.412. The molecule has 1 aromatic heterocycles. The lowest BCUT2D eigenvalue weighted by atomic mass is 10.0. The number of aromatic nitrogens is 1. The minimum absolute atomic E-state index is 0.0391. The average molecular weight is 336 g/mol. The molecule has 2 heterocycles. The monoisotopic (exact) mass is 336 g/mol. The molecule has 1 unspecified atom stereocenters. The Labute approximate surface area is 138 Å². The molecule has 0 saturated carbocycles. The Morgan fingerprint density at radius 3 is 3.00 bits per heavy atom. The third-order valence-corrected chi connectivity index (χ3v) is 4.06. The maximum absolute atomic E-state index is 14.1. The summed E-state index contributed by atoms with van der Waals surface area (Å²) in [6.45, 7) is 4.17. The topological polar surface area (TPSA) is 55.6 Å². The number of carbonyl (C=O) groups excluding carboxylic acids is 1. The number of ether oxygens (including phenoxy) is 1. The van der Waals surface area contributed by atoms with E-state index in [1.807, 2.05) is 0 Å². The van der Waals surface area contributed by atoms with Gasteiger partial charge < -0.3 is 14.1 Å². The van der Waals surface area contributed by atoms with Crippen LogP contribution in [0.15, 0.2) is 22.6 Å². The van der Waals surface area contributed by atoms with Crippen LogP contribution in [0, 0.1) is 18.6 Å². The van der Waals surface area contributed by atoms with Crippen LogP contribution < -0.4 is 4.90 Å². The van der Waals surface area contributed by atoms with E-state index in [0.29, 0.717) is 18.7 Å². The number of halogens is 2. The summed E-state index contributed by atoms with van der Waals surface area (Å²) in [5.74, 6) is -1.50. The fourth-order valence-corrected chi connectivity index (χ4v) is 2.98.